The number of sulfonamides is 1. The van der Waals surface area contributed by atoms with Gasteiger partial charge in [-0.05, 0) is 47.4 Å². The predicted molar refractivity (Wildman–Crippen MR) is 99.1 cm³/mol. The summed E-state index contributed by atoms with van der Waals surface area (Å²) in [6.45, 7) is 4.80. The summed E-state index contributed by atoms with van der Waals surface area (Å²) in [6, 6.07) is 16.2. The highest BCUT2D eigenvalue weighted by molar-refractivity contribution is 7.92. The summed E-state index contributed by atoms with van der Waals surface area (Å²) < 4.78 is 29.4. The van der Waals surface area contributed by atoms with Crippen LogP contribution in [0.2, 0.25) is 0 Å². The second-order valence-corrected chi connectivity index (χ2v) is 7.91. The van der Waals surface area contributed by atoms with E-state index in [9.17, 15) is 8.42 Å². The van der Waals surface area contributed by atoms with Crippen molar-refractivity contribution in [2.75, 3.05) is 4.72 Å². The van der Waals surface area contributed by atoms with E-state index in [2.05, 4.69) is 23.7 Å². The molecule has 2 aromatic carbocycles. The maximum atomic E-state index is 12.5. The number of anilines is 1. The average molecular weight is 355 g/mol. The first-order valence-corrected chi connectivity index (χ1v) is 9.61. The van der Waals surface area contributed by atoms with Gasteiger partial charge in [0, 0.05) is 18.1 Å². The molecule has 0 spiro atoms. The van der Waals surface area contributed by atoms with Crippen molar-refractivity contribution in [3.63, 3.8) is 0 Å². The second-order valence-electron chi connectivity index (χ2n) is 6.23. The maximum absolute atomic E-state index is 12.5. The zero-order chi connectivity index (χ0) is 17.9. The Morgan fingerprint density at radius 3 is 2.28 bits per heavy atom. The molecule has 0 aliphatic rings. The molecule has 0 aliphatic heterocycles. The first-order chi connectivity index (χ1) is 11.9. The highest BCUT2D eigenvalue weighted by Crippen LogP contribution is 2.20. The molecule has 3 aromatic rings. The molecule has 1 N–H and O–H groups in total. The number of rotatable bonds is 6. The van der Waals surface area contributed by atoms with Crippen LogP contribution in [0.4, 0.5) is 5.69 Å². The van der Waals surface area contributed by atoms with Gasteiger partial charge in [0.25, 0.3) is 10.0 Å². The topological polar surface area (TPSA) is 64.0 Å². The highest BCUT2D eigenvalue weighted by atomic mass is 32.2. The van der Waals surface area contributed by atoms with Crippen LogP contribution in [0.5, 0.6) is 0 Å². The van der Waals surface area contributed by atoms with Crippen LogP contribution in [0.3, 0.4) is 0 Å². The van der Waals surface area contributed by atoms with Gasteiger partial charge >= 0.3 is 0 Å². The van der Waals surface area contributed by atoms with Gasteiger partial charge in [0.05, 0.1) is 11.4 Å². The lowest BCUT2D eigenvalue weighted by Gasteiger charge is -2.10. The van der Waals surface area contributed by atoms with Crippen LogP contribution >= 0.6 is 0 Å². The molecular formula is C19H21N3O2S. The van der Waals surface area contributed by atoms with Gasteiger partial charge in [0.1, 0.15) is 0 Å². The summed E-state index contributed by atoms with van der Waals surface area (Å²) in [5.41, 5.74) is 2.70. The predicted octanol–water partition coefficient (Wildman–Crippen LogP) is 3.86. The molecule has 0 amide bonds. The minimum Gasteiger partial charge on any atom is -0.280 e. The van der Waals surface area contributed by atoms with Crippen LogP contribution in [0.25, 0.3) is 0 Å². The molecule has 0 saturated heterocycles. The lowest BCUT2D eigenvalue weighted by Crippen LogP contribution is -2.13. The third kappa shape index (κ3) is 4.28. The van der Waals surface area contributed by atoms with E-state index in [1.807, 2.05) is 41.2 Å². The number of hydrogen-bond acceptors (Lipinski definition) is 3. The fourth-order valence-corrected chi connectivity index (χ4v) is 3.56. The van der Waals surface area contributed by atoms with E-state index >= 15 is 0 Å². The number of aromatic nitrogens is 2. The van der Waals surface area contributed by atoms with E-state index in [4.69, 9.17) is 0 Å². The minimum absolute atomic E-state index is 0.262. The fourth-order valence-electron chi connectivity index (χ4n) is 2.51. The molecular weight excluding hydrogens is 334 g/mol. The average Bonchev–Trinajstić information content (AvgIpc) is 3.09. The summed E-state index contributed by atoms with van der Waals surface area (Å²) in [4.78, 5) is 0.262. The smallest absolute Gasteiger partial charge is 0.261 e. The quantitative estimate of drug-likeness (QED) is 0.730. The lowest BCUT2D eigenvalue weighted by atomic mass is 10.0. The van der Waals surface area contributed by atoms with Crippen molar-refractivity contribution in [1.29, 1.82) is 0 Å². The SMILES string of the molecule is CC(C)c1ccc(S(=O)(=O)Nc2ccc(Cn3cccn3)cc2)cc1. The summed E-state index contributed by atoms with van der Waals surface area (Å²) >= 11 is 0. The Morgan fingerprint density at radius 2 is 1.72 bits per heavy atom. The summed E-state index contributed by atoms with van der Waals surface area (Å²) in [7, 11) is -3.59. The molecule has 6 heteroatoms. The van der Waals surface area contributed by atoms with E-state index in [0.29, 0.717) is 18.2 Å². The van der Waals surface area contributed by atoms with Gasteiger partial charge in [-0.15, -0.1) is 0 Å². The van der Waals surface area contributed by atoms with E-state index in [1.165, 1.54) is 0 Å². The van der Waals surface area contributed by atoms with Gasteiger partial charge < -0.3 is 0 Å². The normalized spacial score (nSPS) is 11.6. The van der Waals surface area contributed by atoms with Crippen molar-refractivity contribution in [2.24, 2.45) is 0 Å². The zero-order valence-corrected chi connectivity index (χ0v) is 15.1. The largest absolute Gasteiger partial charge is 0.280 e. The Kier molecular flexibility index (Phi) is 4.90. The van der Waals surface area contributed by atoms with Crippen molar-refractivity contribution in [3.8, 4) is 0 Å². The Hall–Kier alpha value is -2.60. The molecule has 0 atom stereocenters. The Morgan fingerprint density at radius 1 is 1.04 bits per heavy atom. The Balaban J connectivity index is 1.72. The standard InChI is InChI=1S/C19H21N3O2S/c1-15(2)17-6-10-19(11-7-17)25(23,24)21-18-8-4-16(5-9-18)14-22-13-3-12-20-22/h3-13,15,21H,14H2,1-2H3. The van der Waals surface area contributed by atoms with Crippen LogP contribution in [0.1, 0.15) is 30.9 Å². The van der Waals surface area contributed by atoms with Gasteiger partial charge in [-0.3, -0.25) is 9.40 Å². The first kappa shape index (κ1) is 17.2. The van der Waals surface area contributed by atoms with E-state index in [-0.39, 0.29) is 4.90 Å². The number of nitrogens with zero attached hydrogens (tertiary/aromatic N) is 2. The van der Waals surface area contributed by atoms with Crippen LogP contribution in [0, 0.1) is 0 Å². The Labute approximate surface area is 148 Å². The van der Waals surface area contributed by atoms with Gasteiger partial charge in [-0.1, -0.05) is 38.1 Å². The molecule has 0 fully saturated rings. The molecule has 5 nitrogen and oxygen atoms in total. The van der Waals surface area contributed by atoms with Crippen molar-refractivity contribution < 1.29 is 8.42 Å². The van der Waals surface area contributed by atoms with Gasteiger partial charge in [-0.25, -0.2) is 8.42 Å². The monoisotopic (exact) mass is 355 g/mol. The van der Waals surface area contributed by atoms with Crippen molar-refractivity contribution >= 4 is 15.7 Å². The molecule has 0 bridgehead atoms. The molecule has 25 heavy (non-hydrogen) atoms. The third-order valence-corrected chi connectivity index (χ3v) is 5.36. The fraction of sp³-hybridized carbons (Fsp3) is 0.211. The van der Waals surface area contributed by atoms with Crippen LogP contribution < -0.4 is 4.72 Å². The van der Waals surface area contributed by atoms with Gasteiger partial charge in [0.15, 0.2) is 0 Å². The van der Waals surface area contributed by atoms with Gasteiger partial charge in [0.2, 0.25) is 0 Å². The van der Waals surface area contributed by atoms with Crippen molar-refractivity contribution in [2.45, 2.75) is 31.2 Å². The Bertz CT molecular complexity index is 914. The van der Waals surface area contributed by atoms with Crippen molar-refractivity contribution in [3.05, 3.63) is 78.1 Å². The number of nitrogens with one attached hydrogen (secondary N) is 1. The molecule has 3 rings (SSSR count). The van der Waals surface area contributed by atoms with E-state index in [0.717, 1.165) is 11.1 Å². The molecule has 0 aliphatic carbocycles. The summed E-state index contributed by atoms with van der Waals surface area (Å²) in [6.07, 6.45) is 3.62. The molecule has 1 heterocycles. The van der Waals surface area contributed by atoms with E-state index in [1.54, 1.807) is 30.5 Å². The summed E-state index contributed by atoms with van der Waals surface area (Å²) in [5, 5.41) is 4.16. The molecule has 0 unspecified atom stereocenters. The van der Waals surface area contributed by atoms with Crippen molar-refractivity contribution in [1.82, 2.24) is 9.78 Å². The molecule has 1 aromatic heterocycles. The highest BCUT2D eigenvalue weighted by Gasteiger charge is 2.14. The summed E-state index contributed by atoms with van der Waals surface area (Å²) in [5.74, 6) is 0.368. The second kappa shape index (κ2) is 7.11. The molecule has 0 saturated carbocycles. The van der Waals surface area contributed by atoms with Gasteiger partial charge in [-0.2, -0.15) is 5.10 Å². The van der Waals surface area contributed by atoms with E-state index < -0.39 is 10.0 Å². The maximum Gasteiger partial charge on any atom is 0.261 e. The number of hydrogen-bond donors (Lipinski definition) is 1. The van der Waals surface area contributed by atoms with Crippen LogP contribution in [0.15, 0.2) is 71.9 Å². The zero-order valence-electron chi connectivity index (χ0n) is 14.3. The first-order valence-electron chi connectivity index (χ1n) is 8.13. The van der Waals surface area contributed by atoms with Crippen LogP contribution in [-0.2, 0) is 16.6 Å². The molecule has 130 valence electrons. The minimum atomic E-state index is -3.59. The molecule has 0 radical (unpaired) electrons. The van der Waals surface area contributed by atoms with Crippen LogP contribution in [-0.4, -0.2) is 18.2 Å². The number of benzene rings is 2. The third-order valence-electron chi connectivity index (χ3n) is 3.97. The lowest BCUT2D eigenvalue weighted by molar-refractivity contribution is 0.601.